The zero-order chi connectivity index (χ0) is 12.8. The maximum absolute atomic E-state index is 12.0. The fourth-order valence-corrected chi connectivity index (χ4v) is 1.61. The molecule has 17 heavy (non-hydrogen) atoms. The SMILES string of the molecule is O=[N+]([O-])c1cc(CCCBr)ccc1OC(F)F. The predicted octanol–water partition coefficient (Wildman–Crippen LogP) is 3.52. The normalized spacial score (nSPS) is 10.6. The van der Waals surface area contributed by atoms with Crippen molar-refractivity contribution in [1.29, 1.82) is 0 Å². The Morgan fingerprint density at radius 2 is 2.18 bits per heavy atom. The van der Waals surface area contributed by atoms with Crippen molar-refractivity contribution >= 4 is 21.6 Å². The van der Waals surface area contributed by atoms with Crippen molar-refractivity contribution < 1.29 is 18.4 Å². The maximum Gasteiger partial charge on any atom is 0.387 e. The van der Waals surface area contributed by atoms with Gasteiger partial charge in [-0.15, -0.1) is 0 Å². The Morgan fingerprint density at radius 1 is 1.47 bits per heavy atom. The van der Waals surface area contributed by atoms with Crippen LogP contribution >= 0.6 is 15.9 Å². The van der Waals surface area contributed by atoms with Gasteiger partial charge in [-0.25, -0.2) is 0 Å². The van der Waals surface area contributed by atoms with Crippen molar-refractivity contribution in [2.45, 2.75) is 19.5 Å². The Balaban J connectivity index is 2.95. The highest BCUT2D eigenvalue weighted by atomic mass is 79.9. The molecule has 94 valence electrons. The van der Waals surface area contributed by atoms with Crippen molar-refractivity contribution in [2.75, 3.05) is 5.33 Å². The average Bonchev–Trinajstić information content (AvgIpc) is 2.26. The summed E-state index contributed by atoms with van der Waals surface area (Å²) in [6.45, 7) is -3.07. The Hall–Kier alpha value is -1.24. The van der Waals surface area contributed by atoms with Gasteiger partial charge in [0.05, 0.1) is 4.92 Å². The quantitative estimate of drug-likeness (QED) is 0.459. The first-order valence-electron chi connectivity index (χ1n) is 4.82. The minimum atomic E-state index is -3.07. The van der Waals surface area contributed by atoms with Crippen LogP contribution < -0.4 is 4.74 Å². The van der Waals surface area contributed by atoms with Crippen LogP contribution in [0.15, 0.2) is 18.2 Å². The third-order valence-electron chi connectivity index (χ3n) is 2.04. The van der Waals surface area contributed by atoms with Gasteiger partial charge in [0.15, 0.2) is 0 Å². The van der Waals surface area contributed by atoms with Crippen molar-refractivity contribution in [3.8, 4) is 5.75 Å². The highest BCUT2D eigenvalue weighted by Crippen LogP contribution is 2.29. The van der Waals surface area contributed by atoms with Crippen molar-refractivity contribution in [1.82, 2.24) is 0 Å². The van der Waals surface area contributed by atoms with E-state index in [0.717, 1.165) is 17.3 Å². The summed E-state index contributed by atoms with van der Waals surface area (Å²) in [5.41, 5.74) is 0.287. The van der Waals surface area contributed by atoms with Crippen LogP contribution in [0.5, 0.6) is 5.75 Å². The van der Waals surface area contributed by atoms with Gasteiger partial charge in [-0.1, -0.05) is 22.0 Å². The molecule has 0 spiro atoms. The molecule has 0 aromatic heterocycles. The van der Waals surface area contributed by atoms with Crippen molar-refractivity contribution in [3.63, 3.8) is 0 Å². The molecule has 0 saturated carbocycles. The maximum atomic E-state index is 12.0. The van der Waals surface area contributed by atoms with E-state index in [4.69, 9.17) is 0 Å². The first-order valence-corrected chi connectivity index (χ1v) is 5.95. The minimum absolute atomic E-state index is 0.410. The monoisotopic (exact) mass is 309 g/mol. The number of nitro groups is 1. The number of aryl methyl sites for hydroxylation is 1. The number of benzene rings is 1. The number of nitro benzene ring substituents is 1. The lowest BCUT2D eigenvalue weighted by molar-refractivity contribution is -0.386. The first-order chi connectivity index (χ1) is 8.04. The number of hydrogen-bond acceptors (Lipinski definition) is 3. The van der Waals surface area contributed by atoms with Crippen LogP contribution in [0.4, 0.5) is 14.5 Å². The summed E-state index contributed by atoms with van der Waals surface area (Å²) in [6, 6.07) is 4.02. The van der Waals surface area contributed by atoms with Crippen LogP contribution in [0.3, 0.4) is 0 Å². The van der Waals surface area contributed by atoms with E-state index in [1.54, 1.807) is 6.07 Å². The molecule has 0 aliphatic rings. The fraction of sp³-hybridized carbons (Fsp3) is 0.400. The van der Waals surface area contributed by atoms with Gasteiger partial charge in [0, 0.05) is 11.4 Å². The van der Waals surface area contributed by atoms with E-state index in [1.807, 2.05) is 0 Å². The molecule has 0 aliphatic heterocycles. The standard InChI is InChI=1S/C10H10BrF2NO3/c11-5-1-2-7-3-4-9(17-10(12)13)8(6-7)14(15)16/h3-4,6,10H,1-2,5H2. The van der Waals surface area contributed by atoms with E-state index < -0.39 is 23.0 Å². The van der Waals surface area contributed by atoms with E-state index in [2.05, 4.69) is 20.7 Å². The number of alkyl halides is 3. The highest BCUT2D eigenvalue weighted by Gasteiger charge is 2.18. The zero-order valence-electron chi connectivity index (χ0n) is 8.74. The molecular formula is C10H10BrF2NO3. The summed E-state index contributed by atoms with van der Waals surface area (Å²) in [5, 5.41) is 11.5. The van der Waals surface area contributed by atoms with Crippen molar-refractivity contribution in [3.05, 3.63) is 33.9 Å². The summed E-state index contributed by atoms with van der Waals surface area (Å²) in [7, 11) is 0. The molecule has 1 aromatic carbocycles. The van der Waals surface area contributed by atoms with Gasteiger partial charge < -0.3 is 4.74 Å². The smallest absolute Gasteiger partial charge is 0.387 e. The van der Waals surface area contributed by atoms with E-state index in [0.29, 0.717) is 6.42 Å². The minimum Gasteiger partial charge on any atom is -0.427 e. The molecule has 0 heterocycles. The molecule has 0 aliphatic carbocycles. The zero-order valence-corrected chi connectivity index (χ0v) is 10.3. The second-order valence-electron chi connectivity index (χ2n) is 3.23. The molecule has 7 heteroatoms. The number of hydrogen-bond donors (Lipinski definition) is 0. The molecule has 0 atom stereocenters. The summed E-state index contributed by atoms with van der Waals surface area (Å²) in [6.07, 6.45) is 1.45. The second-order valence-corrected chi connectivity index (χ2v) is 4.02. The molecule has 0 radical (unpaired) electrons. The lowest BCUT2D eigenvalue weighted by Gasteiger charge is -2.06. The van der Waals surface area contributed by atoms with E-state index in [9.17, 15) is 18.9 Å². The Bertz CT molecular complexity index is 401. The lowest BCUT2D eigenvalue weighted by Crippen LogP contribution is -2.05. The van der Waals surface area contributed by atoms with Crippen LogP contribution in [-0.4, -0.2) is 16.9 Å². The third kappa shape index (κ3) is 4.26. The van der Waals surface area contributed by atoms with Crippen LogP contribution in [0.1, 0.15) is 12.0 Å². The molecule has 0 amide bonds. The first kappa shape index (κ1) is 13.8. The summed E-state index contributed by atoms with van der Waals surface area (Å²) < 4.78 is 28.1. The topological polar surface area (TPSA) is 52.4 Å². The summed E-state index contributed by atoms with van der Waals surface area (Å²) in [4.78, 5) is 9.97. The van der Waals surface area contributed by atoms with Gasteiger partial charge >= 0.3 is 12.3 Å². The third-order valence-corrected chi connectivity index (χ3v) is 2.60. The van der Waals surface area contributed by atoms with Crippen LogP contribution in [0, 0.1) is 10.1 Å². The largest absolute Gasteiger partial charge is 0.427 e. The summed E-state index contributed by atoms with van der Waals surface area (Å²) in [5.74, 6) is -0.410. The van der Waals surface area contributed by atoms with Crippen LogP contribution in [-0.2, 0) is 6.42 Å². The lowest BCUT2D eigenvalue weighted by atomic mass is 10.1. The van der Waals surface area contributed by atoms with Gasteiger partial charge in [-0.3, -0.25) is 10.1 Å². The van der Waals surface area contributed by atoms with E-state index >= 15 is 0 Å². The van der Waals surface area contributed by atoms with Gasteiger partial charge in [-0.2, -0.15) is 8.78 Å². The van der Waals surface area contributed by atoms with Gasteiger partial charge in [-0.05, 0) is 24.5 Å². The number of ether oxygens (including phenoxy) is 1. The van der Waals surface area contributed by atoms with E-state index in [-0.39, 0.29) is 0 Å². The fourth-order valence-electron chi connectivity index (χ4n) is 1.33. The number of rotatable bonds is 6. The second kappa shape index (κ2) is 6.48. The Labute approximate surface area is 105 Å². The Morgan fingerprint density at radius 3 is 2.71 bits per heavy atom. The molecule has 1 aromatic rings. The predicted molar refractivity (Wildman–Crippen MR) is 61.8 cm³/mol. The molecular weight excluding hydrogens is 300 g/mol. The molecule has 1 rings (SSSR count). The molecule has 0 unspecified atom stereocenters. The Kier molecular flexibility index (Phi) is 5.27. The molecule has 0 fully saturated rings. The van der Waals surface area contributed by atoms with Crippen LogP contribution in [0.25, 0.3) is 0 Å². The van der Waals surface area contributed by atoms with Crippen molar-refractivity contribution in [2.24, 2.45) is 0 Å². The average molecular weight is 310 g/mol. The van der Waals surface area contributed by atoms with Gasteiger partial charge in [0.1, 0.15) is 0 Å². The number of nitrogens with zero attached hydrogens (tertiary/aromatic N) is 1. The van der Waals surface area contributed by atoms with E-state index in [1.165, 1.54) is 12.1 Å². The molecule has 4 nitrogen and oxygen atoms in total. The highest BCUT2D eigenvalue weighted by molar-refractivity contribution is 9.09. The van der Waals surface area contributed by atoms with Gasteiger partial charge in [0.25, 0.3) is 0 Å². The van der Waals surface area contributed by atoms with Crippen LogP contribution in [0.2, 0.25) is 0 Å². The van der Waals surface area contributed by atoms with Gasteiger partial charge in [0.2, 0.25) is 5.75 Å². The summed E-state index contributed by atoms with van der Waals surface area (Å²) >= 11 is 3.24. The molecule has 0 N–H and O–H groups in total. The number of halogens is 3. The molecule has 0 bridgehead atoms. The molecule has 0 saturated heterocycles.